The molecule has 136 valence electrons. The van der Waals surface area contributed by atoms with Crippen molar-refractivity contribution in [2.75, 3.05) is 26.8 Å². The molecule has 0 unspecified atom stereocenters. The minimum Gasteiger partial charge on any atom is -0.299 e. The highest BCUT2D eigenvalue weighted by molar-refractivity contribution is 5.14. The van der Waals surface area contributed by atoms with Crippen molar-refractivity contribution in [3.8, 4) is 0 Å². The quantitative estimate of drug-likeness (QED) is 0.773. The molecule has 6 heteroatoms. The van der Waals surface area contributed by atoms with E-state index in [1.807, 2.05) is 0 Å². The van der Waals surface area contributed by atoms with Crippen LogP contribution in [-0.2, 0) is 19.6 Å². The Bertz CT molecular complexity index is 644. The molecule has 1 saturated heterocycles. The van der Waals surface area contributed by atoms with E-state index in [1.165, 1.54) is 11.9 Å². The lowest BCUT2D eigenvalue weighted by atomic mass is 9.92. The number of halogens is 1. The Morgan fingerprint density at radius 3 is 2.80 bits per heavy atom. The Balaban J connectivity index is 1.54. The van der Waals surface area contributed by atoms with E-state index in [9.17, 15) is 4.39 Å². The van der Waals surface area contributed by atoms with Crippen LogP contribution < -0.4 is 0 Å². The summed E-state index contributed by atoms with van der Waals surface area (Å²) in [4.78, 5) is 9.19. The highest BCUT2D eigenvalue weighted by Gasteiger charge is 2.29. The van der Waals surface area contributed by atoms with Crippen molar-refractivity contribution in [1.29, 1.82) is 0 Å². The zero-order valence-corrected chi connectivity index (χ0v) is 15.2. The van der Waals surface area contributed by atoms with E-state index in [-0.39, 0.29) is 6.54 Å². The number of alkyl halides is 1. The van der Waals surface area contributed by atoms with E-state index in [1.54, 1.807) is 4.68 Å². The van der Waals surface area contributed by atoms with Gasteiger partial charge in [0.05, 0.1) is 13.1 Å². The van der Waals surface area contributed by atoms with Crippen LogP contribution in [0.5, 0.6) is 0 Å². The number of hydrogen-bond donors (Lipinski definition) is 0. The molecule has 0 saturated carbocycles. The van der Waals surface area contributed by atoms with E-state index in [2.05, 4.69) is 64.2 Å². The van der Waals surface area contributed by atoms with Gasteiger partial charge < -0.3 is 0 Å². The second-order valence-electron chi connectivity index (χ2n) is 7.06. The summed E-state index contributed by atoms with van der Waals surface area (Å²) in [6.07, 6.45) is 2.66. The Kier molecular flexibility index (Phi) is 6.15. The van der Waals surface area contributed by atoms with Crippen molar-refractivity contribution in [2.45, 2.75) is 39.0 Å². The van der Waals surface area contributed by atoms with Crippen LogP contribution in [0.25, 0.3) is 0 Å². The van der Waals surface area contributed by atoms with Crippen LogP contribution in [0.1, 0.15) is 24.7 Å². The van der Waals surface area contributed by atoms with Crippen LogP contribution >= 0.6 is 0 Å². The maximum absolute atomic E-state index is 12.6. The average molecular weight is 345 g/mol. The monoisotopic (exact) mass is 345 g/mol. The van der Waals surface area contributed by atoms with Gasteiger partial charge in [-0.15, -0.1) is 0 Å². The molecule has 0 spiro atoms. The van der Waals surface area contributed by atoms with Crippen LogP contribution in [0.2, 0.25) is 0 Å². The van der Waals surface area contributed by atoms with Crippen molar-refractivity contribution < 1.29 is 4.39 Å². The van der Waals surface area contributed by atoms with Crippen molar-refractivity contribution in [3.05, 3.63) is 48.0 Å². The zero-order valence-electron chi connectivity index (χ0n) is 15.2. The molecule has 0 aliphatic carbocycles. The van der Waals surface area contributed by atoms with Gasteiger partial charge in [-0.3, -0.25) is 9.80 Å². The van der Waals surface area contributed by atoms with Crippen LogP contribution in [0.4, 0.5) is 4.39 Å². The van der Waals surface area contributed by atoms with Gasteiger partial charge in [0.25, 0.3) is 0 Å². The molecule has 1 fully saturated rings. The normalized spacial score (nSPS) is 21.8. The predicted molar refractivity (Wildman–Crippen MR) is 96.8 cm³/mol. The first-order chi connectivity index (χ1) is 12.2. The largest absolute Gasteiger partial charge is 0.299 e. The molecular weight excluding hydrogens is 317 g/mol. The minimum absolute atomic E-state index is 0.286. The molecule has 0 N–H and O–H groups in total. The molecule has 1 aliphatic rings. The predicted octanol–water partition coefficient (Wildman–Crippen LogP) is 2.59. The molecule has 2 atom stereocenters. The summed E-state index contributed by atoms with van der Waals surface area (Å²) in [5.41, 5.74) is 1.38. The number of rotatable bonds is 7. The summed E-state index contributed by atoms with van der Waals surface area (Å²) >= 11 is 0. The third-order valence-electron chi connectivity index (χ3n) is 5.14. The molecule has 1 aliphatic heterocycles. The fourth-order valence-corrected chi connectivity index (χ4v) is 3.88. The van der Waals surface area contributed by atoms with Gasteiger partial charge in [0, 0.05) is 19.1 Å². The Morgan fingerprint density at radius 2 is 2.08 bits per heavy atom. The summed E-state index contributed by atoms with van der Waals surface area (Å²) in [6.45, 7) is 6.14. The number of likely N-dealkylation sites (tertiary alicyclic amines) is 1. The molecule has 3 rings (SSSR count). The number of benzene rings is 1. The first-order valence-electron chi connectivity index (χ1n) is 9.06. The molecule has 2 heterocycles. The SMILES string of the molecule is C[C@H]1CN(Cc2ccccc2)CC[C@@H]1N(C)Cc1ncnn1CCF. The smallest absolute Gasteiger partial charge is 0.141 e. The fourth-order valence-electron chi connectivity index (χ4n) is 3.88. The van der Waals surface area contributed by atoms with Crippen molar-refractivity contribution >= 4 is 0 Å². The lowest BCUT2D eigenvalue weighted by Gasteiger charge is -2.41. The first-order valence-corrected chi connectivity index (χ1v) is 9.06. The van der Waals surface area contributed by atoms with E-state index >= 15 is 0 Å². The molecule has 5 nitrogen and oxygen atoms in total. The summed E-state index contributed by atoms with van der Waals surface area (Å²) in [7, 11) is 2.14. The van der Waals surface area contributed by atoms with Gasteiger partial charge in [0.1, 0.15) is 18.8 Å². The van der Waals surface area contributed by atoms with Gasteiger partial charge in [0.15, 0.2) is 0 Å². The van der Waals surface area contributed by atoms with Crippen LogP contribution in [0, 0.1) is 5.92 Å². The second kappa shape index (κ2) is 8.54. The minimum atomic E-state index is -0.408. The van der Waals surface area contributed by atoms with Gasteiger partial charge >= 0.3 is 0 Å². The average Bonchev–Trinajstić information content (AvgIpc) is 3.03. The molecule has 0 amide bonds. The van der Waals surface area contributed by atoms with Gasteiger partial charge in [-0.2, -0.15) is 5.10 Å². The second-order valence-corrected chi connectivity index (χ2v) is 7.06. The Hall–Kier alpha value is -1.79. The van der Waals surface area contributed by atoms with E-state index in [0.717, 1.165) is 31.9 Å². The first kappa shape index (κ1) is 18.0. The van der Waals surface area contributed by atoms with Gasteiger partial charge in [-0.25, -0.2) is 14.1 Å². The molecule has 1 aromatic heterocycles. The highest BCUT2D eigenvalue weighted by Crippen LogP contribution is 2.23. The summed E-state index contributed by atoms with van der Waals surface area (Å²) in [5.74, 6) is 1.43. The zero-order chi connectivity index (χ0) is 17.6. The number of aryl methyl sites for hydroxylation is 1. The van der Waals surface area contributed by atoms with E-state index < -0.39 is 6.67 Å². The summed E-state index contributed by atoms with van der Waals surface area (Å²) in [5, 5.41) is 4.11. The molecule has 25 heavy (non-hydrogen) atoms. The van der Waals surface area contributed by atoms with Crippen LogP contribution in [-0.4, -0.2) is 57.4 Å². The molecule has 0 bridgehead atoms. The van der Waals surface area contributed by atoms with Gasteiger partial charge in [0.2, 0.25) is 0 Å². The summed E-state index contributed by atoms with van der Waals surface area (Å²) < 4.78 is 14.3. The molecular formula is C19H28FN5. The lowest BCUT2D eigenvalue weighted by molar-refractivity contribution is 0.0697. The molecule has 2 aromatic rings. The molecule has 0 radical (unpaired) electrons. The standard InChI is InChI=1S/C19H28FN5/c1-16-12-24(13-17-6-4-3-5-7-17)10-8-18(16)23(2)14-19-21-15-22-25(19)11-9-20/h3-7,15-16,18H,8-14H2,1-2H3/t16-,18-/m0/s1. The van der Waals surface area contributed by atoms with Crippen molar-refractivity contribution in [1.82, 2.24) is 24.6 Å². The summed E-state index contributed by atoms with van der Waals surface area (Å²) in [6, 6.07) is 11.2. The van der Waals surface area contributed by atoms with Gasteiger partial charge in [-0.05, 0) is 31.5 Å². The topological polar surface area (TPSA) is 37.2 Å². The van der Waals surface area contributed by atoms with Crippen molar-refractivity contribution in [2.24, 2.45) is 5.92 Å². The Labute approximate surface area is 149 Å². The van der Waals surface area contributed by atoms with E-state index in [0.29, 0.717) is 18.5 Å². The maximum atomic E-state index is 12.6. The third kappa shape index (κ3) is 4.64. The Morgan fingerprint density at radius 1 is 1.28 bits per heavy atom. The number of hydrogen-bond acceptors (Lipinski definition) is 4. The van der Waals surface area contributed by atoms with Gasteiger partial charge in [-0.1, -0.05) is 37.3 Å². The number of aromatic nitrogens is 3. The highest BCUT2D eigenvalue weighted by atomic mass is 19.1. The third-order valence-corrected chi connectivity index (χ3v) is 5.14. The fraction of sp³-hybridized carbons (Fsp3) is 0.579. The van der Waals surface area contributed by atoms with Crippen molar-refractivity contribution in [3.63, 3.8) is 0 Å². The maximum Gasteiger partial charge on any atom is 0.141 e. The lowest BCUT2D eigenvalue weighted by Crippen LogP contribution is -2.48. The van der Waals surface area contributed by atoms with Crippen LogP contribution in [0.15, 0.2) is 36.7 Å². The van der Waals surface area contributed by atoms with E-state index in [4.69, 9.17) is 0 Å². The number of nitrogens with zero attached hydrogens (tertiary/aromatic N) is 5. The number of piperidine rings is 1. The molecule has 1 aromatic carbocycles. The van der Waals surface area contributed by atoms with Crippen LogP contribution in [0.3, 0.4) is 0 Å².